The predicted octanol–water partition coefficient (Wildman–Crippen LogP) is 3.00. The molecule has 2 aliphatic heterocycles. The third-order valence-corrected chi connectivity index (χ3v) is 7.17. The minimum atomic E-state index is -0.542. The van der Waals surface area contributed by atoms with Crippen LogP contribution < -0.4 is 10.1 Å². The van der Waals surface area contributed by atoms with Gasteiger partial charge in [0.05, 0.1) is 12.1 Å². The number of amides is 2. The molecule has 2 amide bonds. The fourth-order valence-corrected chi connectivity index (χ4v) is 4.96. The lowest BCUT2D eigenvalue weighted by Crippen LogP contribution is -2.46. The van der Waals surface area contributed by atoms with Gasteiger partial charge in [0.25, 0.3) is 5.91 Å². The van der Waals surface area contributed by atoms with E-state index in [0.29, 0.717) is 25.3 Å². The Kier molecular flexibility index (Phi) is 6.57. The van der Waals surface area contributed by atoms with Crippen molar-refractivity contribution in [3.8, 4) is 5.75 Å². The molecule has 7 heteroatoms. The Morgan fingerprint density at radius 3 is 2.65 bits per heavy atom. The lowest BCUT2D eigenvalue weighted by atomic mass is 9.99. The monoisotopic (exact) mass is 463 g/mol. The molecular weight excluding hydrogens is 430 g/mol. The van der Waals surface area contributed by atoms with Gasteiger partial charge < -0.3 is 20.1 Å². The summed E-state index contributed by atoms with van der Waals surface area (Å²) < 4.78 is 6.15. The van der Waals surface area contributed by atoms with E-state index in [1.165, 1.54) is 0 Å². The van der Waals surface area contributed by atoms with Gasteiger partial charge in [-0.05, 0) is 61.4 Å². The van der Waals surface area contributed by atoms with Crippen molar-refractivity contribution in [2.75, 3.05) is 32.0 Å². The number of carbonyl (C=O) groups excluding carboxylic acids is 2. The predicted molar refractivity (Wildman–Crippen MR) is 130 cm³/mol. The summed E-state index contributed by atoms with van der Waals surface area (Å²) in [4.78, 5) is 29.6. The number of anilines is 1. The number of hydrogen-bond donors (Lipinski definition) is 2. The molecule has 0 bridgehead atoms. The standard InChI is InChI=1S/C27H33N3O4/c1-29(23(18-5-3-2-4-6-18)17-30-14-13-22(31)16-30)27(33)25-11-9-20-15-21(10-12-24(20)34-25)28-26(32)19-7-8-19/h2-6,10,12,15,19,22-23,25,31H,7-9,11,13-14,16-17H2,1H3,(H,28,32)/t22-,23+,25?/m0/s1. The minimum absolute atomic E-state index is 0.0367. The highest BCUT2D eigenvalue weighted by molar-refractivity contribution is 5.94. The summed E-state index contributed by atoms with van der Waals surface area (Å²) in [5, 5.41) is 12.9. The van der Waals surface area contributed by atoms with Crippen LogP contribution in [-0.2, 0) is 16.0 Å². The van der Waals surface area contributed by atoms with Crippen LogP contribution in [0.15, 0.2) is 48.5 Å². The Morgan fingerprint density at radius 2 is 1.94 bits per heavy atom. The van der Waals surface area contributed by atoms with Crippen molar-refractivity contribution in [1.29, 1.82) is 0 Å². The number of carbonyl (C=O) groups is 2. The zero-order chi connectivity index (χ0) is 23.7. The van der Waals surface area contributed by atoms with Crippen molar-refractivity contribution >= 4 is 17.5 Å². The molecule has 180 valence electrons. The average Bonchev–Trinajstić information content (AvgIpc) is 3.63. The molecule has 0 aromatic heterocycles. The molecule has 2 fully saturated rings. The minimum Gasteiger partial charge on any atom is -0.480 e. The first-order valence-electron chi connectivity index (χ1n) is 12.3. The number of aryl methyl sites for hydroxylation is 1. The molecule has 7 nitrogen and oxygen atoms in total. The van der Waals surface area contributed by atoms with Crippen LogP contribution in [0.1, 0.15) is 42.9 Å². The second kappa shape index (κ2) is 9.76. The maximum Gasteiger partial charge on any atom is 0.263 e. The molecule has 5 rings (SSSR count). The zero-order valence-electron chi connectivity index (χ0n) is 19.7. The molecule has 3 aliphatic rings. The van der Waals surface area contributed by atoms with E-state index in [9.17, 15) is 14.7 Å². The molecule has 2 heterocycles. The molecule has 34 heavy (non-hydrogen) atoms. The SMILES string of the molecule is CN(C(=O)C1CCc2cc(NC(=O)C3CC3)ccc2O1)[C@H](CN1CC[C@H](O)C1)c1ccccc1. The molecular formula is C27H33N3O4. The van der Waals surface area contributed by atoms with Crippen LogP contribution in [0.4, 0.5) is 5.69 Å². The number of nitrogens with one attached hydrogen (secondary N) is 1. The van der Waals surface area contributed by atoms with Gasteiger partial charge in [-0.25, -0.2) is 0 Å². The van der Waals surface area contributed by atoms with Gasteiger partial charge in [-0.1, -0.05) is 30.3 Å². The fraction of sp³-hybridized carbons (Fsp3) is 0.481. The maximum atomic E-state index is 13.5. The molecule has 2 aromatic carbocycles. The molecule has 2 N–H and O–H groups in total. The van der Waals surface area contributed by atoms with E-state index in [2.05, 4.69) is 22.3 Å². The van der Waals surface area contributed by atoms with Crippen LogP contribution in [0.2, 0.25) is 0 Å². The molecule has 2 aromatic rings. The van der Waals surface area contributed by atoms with E-state index in [1.54, 1.807) is 4.90 Å². The van der Waals surface area contributed by atoms with Crippen molar-refractivity contribution in [3.05, 3.63) is 59.7 Å². The van der Waals surface area contributed by atoms with Crippen LogP contribution in [0.25, 0.3) is 0 Å². The third kappa shape index (κ3) is 5.10. The Hall–Kier alpha value is -2.90. The maximum absolute atomic E-state index is 13.5. The third-order valence-electron chi connectivity index (χ3n) is 7.17. The van der Waals surface area contributed by atoms with Gasteiger partial charge in [0.15, 0.2) is 6.10 Å². The molecule has 1 saturated carbocycles. The van der Waals surface area contributed by atoms with Gasteiger partial charge in [-0.15, -0.1) is 0 Å². The van der Waals surface area contributed by atoms with Gasteiger partial charge in [-0.3, -0.25) is 14.5 Å². The van der Waals surface area contributed by atoms with E-state index in [0.717, 1.165) is 49.0 Å². The topological polar surface area (TPSA) is 82.1 Å². The normalized spacial score (nSPS) is 23.0. The zero-order valence-corrected chi connectivity index (χ0v) is 19.7. The number of benzene rings is 2. The first-order chi connectivity index (χ1) is 16.5. The van der Waals surface area contributed by atoms with E-state index in [-0.39, 0.29) is 29.9 Å². The van der Waals surface area contributed by atoms with Crippen molar-refractivity contribution in [2.45, 2.75) is 50.4 Å². The van der Waals surface area contributed by atoms with E-state index in [4.69, 9.17) is 4.74 Å². The number of likely N-dealkylation sites (N-methyl/N-ethyl adjacent to an activating group) is 1. The van der Waals surface area contributed by atoms with Gasteiger partial charge in [0.1, 0.15) is 5.75 Å². The Bertz CT molecular complexity index is 1040. The number of likely N-dealkylation sites (tertiary alicyclic amines) is 1. The van der Waals surface area contributed by atoms with Crippen molar-refractivity contribution in [2.24, 2.45) is 5.92 Å². The van der Waals surface area contributed by atoms with Crippen molar-refractivity contribution < 1.29 is 19.4 Å². The van der Waals surface area contributed by atoms with Gasteiger partial charge in [0, 0.05) is 38.3 Å². The van der Waals surface area contributed by atoms with E-state index < -0.39 is 6.10 Å². The van der Waals surface area contributed by atoms with Crippen LogP contribution in [0.5, 0.6) is 5.75 Å². The molecule has 1 saturated heterocycles. The quantitative estimate of drug-likeness (QED) is 0.660. The second-order valence-electron chi connectivity index (χ2n) is 9.81. The number of fused-ring (bicyclic) bond motifs is 1. The number of ether oxygens (including phenoxy) is 1. The number of β-amino-alcohol motifs (C(OH)–C–C–N with tert-alkyl or cyclic N) is 1. The highest BCUT2D eigenvalue weighted by Crippen LogP contribution is 2.34. The summed E-state index contributed by atoms with van der Waals surface area (Å²) in [6.07, 6.45) is 3.19. The lowest BCUT2D eigenvalue weighted by molar-refractivity contribution is -0.140. The largest absolute Gasteiger partial charge is 0.480 e. The molecule has 0 spiro atoms. The number of hydrogen-bond acceptors (Lipinski definition) is 5. The molecule has 0 radical (unpaired) electrons. The summed E-state index contributed by atoms with van der Waals surface area (Å²) >= 11 is 0. The number of nitrogens with zero attached hydrogens (tertiary/aromatic N) is 2. The Balaban J connectivity index is 1.27. The van der Waals surface area contributed by atoms with Crippen LogP contribution in [0.3, 0.4) is 0 Å². The number of aliphatic hydroxyl groups is 1. The highest BCUT2D eigenvalue weighted by atomic mass is 16.5. The smallest absolute Gasteiger partial charge is 0.263 e. The van der Waals surface area contributed by atoms with Crippen LogP contribution in [-0.4, -0.2) is 65.6 Å². The van der Waals surface area contributed by atoms with Crippen LogP contribution >= 0.6 is 0 Å². The summed E-state index contributed by atoms with van der Waals surface area (Å²) in [6, 6.07) is 15.6. The average molecular weight is 464 g/mol. The van der Waals surface area contributed by atoms with Crippen LogP contribution in [0, 0.1) is 5.92 Å². The summed E-state index contributed by atoms with van der Waals surface area (Å²) in [5.74, 6) is 0.918. The first kappa shape index (κ1) is 22.9. The summed E-state index contributed by atoms with van der Waals surface area (Å²) in [6.45, 7) is 2.15. The first-order valence-corrected chi connectivity index (χ1v) is 12.3. The summed E-state index contributed by atoms with van der Waals surface area (Å²) in [7, 11) is 1.85. The molecule has 1 aliphatic carbocycles. The highest BCUT2D eigenvalue weighted by Gasteiger charge is 2.34. The second-order valence-corrected chi connectivity index (χ2v) is 9.81. The van der Waals surface area contributed by atoms with E-state index in [1.807, 2.05) is 43.4 Å². The van der Waals surface area contributed by atoms with Crippen molar-refractivity contribution in [1.82, 2.24) is 9.80 Å². The van der Waals surface area contributed by atoms with Crippen molar-refractivity contribution in [3.63, 3.8) is 0 Å². The number of rotatable bonds is 7. The fourth-order valence-electron chi connectivity index (χ4n) is 4.96. The van der Waals surface area contributed by atoms with Gasteiger partial charge in [-0.2, -0.15) is 0 Å². The lowest BCUT2D eigenvalue weighted by Gasteiger charge is -2.35. The Morgan fingerprint density at radius 1 is 1.15 bits per heavy atom. The van der Waals surface area contributed by atoms with Gasteiger partial charge >= 0.3 is 0 Å². The summed E-state index contributed by atoms with van der Waals surface area (Å²) in [5.41, 5.74) is 2.89. The Labute approximate surface area is 200 Å². The molecule has 1 unspecified atom stereocenters. The van der Waals surface area contributed by atoms with E-state index >= 15 is 0 Å². The van der Waals surface area contributed by atoms with Gasteiger partial charge in [0.2, 0.25) is 5.91 Å². The number of aliphatic hydroxyl groups excluding tert-OH is 1. The molecule has 3 atom stereocenters.